The molecule has 1 aromatic rings. The van der Waals surface area contributed by atoms with Crippen molar-refractivity contribution in [3.8, 4) is 6.07 Å². The number of fused-ring (bicyclic) bond motifs is 5. The Labute approximate surface area is 126 Å². The lowest BCUT2D eigenvalue weighted by Crippen LogP contribution is -2.42. The Kier molecular flexibility index (Phi) is 2.76. The Morgan fingerprint density at radius 1 is 1.24 bits per heavy atom. The molecule has 4 atom stereocenters. The Hall–Kier alpha value is -1.62. The average molecular weight is 279 g/mol. The third-order valence-electron chi connectivity index (χ3n) is 6.56. The van der Waals surface area contributed by atoms with Gasteiger partial charge in [0.25, 0.3) is 0 Å². The summed E-state index contributed by atoms with van der Waals surface area (Å²) in [4.78, 5) is 12.3. The fraction of sp³-hybridized carbons (Fsp3) is 0.579. The topological polar surface area (TPSA) is 40.9 Å². The zero-order valence-corrected chi connectivity index (χ0v) is 12.6. The molecule has 2 saturated carbocycles. The first-order chi connectivity index (χ1) is 10.1. The Balaban J connectivity index is 1.72. The highest BCUT2D eigenvalue weighted by Gasteiger charge is 2.54. The molecule has 0 aromatic heterocycles. The van der Waals surface area contributed by atoms with Crippen LogP contribution in [0.25, 0.3) is 0 Å². The van der Waals surface area contributed by atoms with Gasteiger partial charge in [-0.25, -0.2) is 0 Å². The van der Waals surface area contributed by atoms with E-state index in [-0.39, 0.29) is 5.41 Å². The maximum absolute atomic E-state index is 12.3. The highest BCUT2D eigenvalue weighted by Crippen LogP contribution is 2.59. The van der Waals surface area contributed by atoms with E-state index in [1.54, 1.807) is 0 Å². The molecule has 3 unspecified atom stereocenters. The second-order valence-electron chi connectivity index (χ2n) is 7.36. The van der Waals surface area contributed by atoms with Crippen LogP contribution >= 0.6 is 0 Å². The predicted octanol–water partition coefficient (Wildman–Crippen LogP) is 3.98. The van der Waals surface area contributed by atoms with Gasteiger partial charge in [-0.15, -0.1) is 0 Å². The maximum Gasteiger partial charge on any atom is 0.139 e. The van der Waals surface area contributed by atoms with Crippen LogP contribution in [0.2, 0.25) is 0 Å². The fourth-order valence-corrected chi connectivity index (χ4v) is 5.42. The molecule has 2 nitrogen and oxygen atoms in total. The summed E-state index contributed by atoms with van der Waals surface area (Å²) in [5.74, 6) is 2.39. The zero-order valence-electron chi connectivity index (χ0n) is 12.6. The number of carbonyl (C=O) groups is 1. The van der Waals surface area contributed by atoms with Crippen LogP contribution in [0.15, 0.2) is 18.2 Å². The summed E-state index contributed by atoms with van der Waals surface area (Å²) in [5, 5.41) is 9.07. The van der Waals surface area contributed by atoms with Crippen LogP contribution in [0.1, 0.15) is 61.6 Å². The van der Waals surface area contributed by atoms with E-state index in [9.17, 15) is 4.79 Å². The molecule has 21 heavy (non-hydrogen) atoms. The van der Waals surface area contributed by atoms with Gasteiger partial charge in [0.1, 0.15) is 5.78 Å². The summed E-state index contributed by atoms with van der Waals surface area (Å²) in [7, 11) is 0. The number of rotatable bonds is 0. The largest absolute Gasteiger partial charge is 0.299 e. The molecule has 2 fully saturated rings. The van der Waals surface area contributed by atoms with Crippen molar-refractivity contribution in [1.29, 1.82) is 5.26 Å². The third kappa shape index (κ3) is 1.73. The van der Waals surface area contributed by atoms with Gasteiger partial charge in [-0.3, -0.25) is 4.79 Å². The summed E-state index contributed by atoms with van der Waals surface area (Å²) >= 11 is 0. The summed E-state index contributed by atoms with van der Waals surface area (Å²) in [6.07, 6.45) is 6.36. The minimum atomic E-state index is -0.0364. The van der Waals surface area contributed by atoms with Crippen LogP contribution in [-0.4, -0.2) is 5.78 Å². The van der Waals surface area contributed by atoms with Crippen LogP contribution in [-0.2, 0) is 11.2 Å². The summed E-state index contributed by atoms with van der Waals surface area (Å²) < 4.78 is 0. The van der Waals surface area contributed by atoms with Crippen molar-refractivity contribution >= 4 is 5.78 Å². The molecule has 4 rings (SSSR count). The summed E-state index contributed by atoms with van der Waals surface area (Å²) in [6, 6.07) is 8.49. The van der Waals surface area contributed by atoms with Crippen molar-refractivity contribution in [3.05, 3.63) is 34.9 Å². The van der Waals surface area contributed by atoms with Crippen molar-refractivity contribution in [1.82, 2.24) is 0 Å². The number of aryl methyl sites for hydroxylation is 1. The molecule has 0 amide bonds. The van der Waals surface area contributed by atoms with Crippen molar-refractivity contribution in [3.63, 3.8) is 0 Å². The number of carbonyl (C=O) groups excluding carboxylic acids is 1. The molecular weight excluding hydrogens is 258 g/mol. The molecule has 1 aromatic carbocycles. The summed E-state index contributed by atoms with van der Waals surface area (Å²) in [6.45, 7) is 2.22. The maximum atomic E-state index is 12.3. The lowest BCUT2D eigenvalue weighted by molar-refractivity contribution is -0.129. The number of ketones is 1. The van der Waals surface area contributed by atoms with E-state index in [2.05, 4.69) is 25.1 Å². The second kappa shape index (κ2) is 4.44. The Morgan fingerprint density at radius 2 is 2.10 bits per heavy atom. The number of benzene rings is 1. The van der Waals surface area contributed by atoms with E-state index in [0.29, 0.717) is 23.5 Å². The summed E-state index contributed by atoms with van der Waals surface area (Å²) in [5.41, 5.74) is 3.59. The van der Waals surface area contributed by atoms with E-state index >= 15 is 0 Å². The molecular formula is C19H21NO. The smallest absolute Gasteiger partial charge is 0.139 e. The molecule has 0 N–H and O–H groups in total. The second-order valence-corrected chi connectivity index (χ2v) is 7.36. The first-order valence-corrected chi connectivity index (χ1v) is 8.20. The number of nitrogens with zero attached hydrogens (tertiary/aromatic N) is 1. The van der Waals surface area contributed by atoms with Gasteiger partial charge < -0.3 is 0 Å². The molecule has 3 aliphatic rings. The quantitative estimate of drug-likeness (QED) is 0.720. The van der Waals surface area contributed by atoms with E-state index in [4.69, 9.17) is 5.26 Å². The molecule has 0 saturated heterocycles. The van der Waals surface area contributed by atoms with Gasteiger partial charge in [-0.05, 0) is 73.1 Å². The molecule has 3 aliphatic carbocycles. The lowest BCUT2D eigenvalue weighted by atomic mass is 9.55. The van der Waals surface area contributed by atoms with Crippen LogP contribution in [0.3, 0.4) is 0 Å². The molecule has 0 heterocycles. The molecule has 108 valence electrons. The standard InChI is InChI=1S/C19H21NO/c1-19-9-8-15-14-4-2-12(11-20)10-13(14)3-5-16(15)17(19)6-7-18(19)21/h2,4,10,15-17H,3,5-9H2,1H3/t15?,16?,17?,19-/m0/s1. The van der Waals surface area contributed by atoms with E-state index in [1.807, 2.05) is 6.07 Å². The lowest BCUT2D eigenvalue weighted by Gasteiger charge is -2.48. The van der Waals surface area contributed by atoms with Gasteiger partial charge in [0.2, 0.25) is 0 Å². The Bertz CT molecular complexity index is 656. The average Bonchev–Trinajstić information content (AvgIpc) is 2.82. The van der Waals surface area contributed by atoms with Crippen molar-refractivity contribution in [2.45, 2.75) is 51.4 Å². The molecule has 0 spiro atoms. The Morgan fingerprint density at radius 3 is 2.90 bits per heavy atom. The van der Waals surface area contributed by atoms with Gasteiger partial charge >= 0.3 is 0 Å². The fourth-order valence-electron chi connectivity index (χ4n) is 5.42. The molecule has 0 radical (unpaired) electrons. The van der Waals surface area contributed by atoms with Crippen LogP contribution < -0.4 is 0 Å². The molecule has 0 aliphatic heterocycles. The van der Waals surface area contributed by atoms with Gasteiger partial charge in [-0.2, -0.15) is 5.26 Å². The number of hydrogen-bond donors (Lipinski definition) is 0. The van der Waals surface area contributed by atoms with Gasteiger partial charge in [0.05, 0.1) is 11.6 Å². The number of Topliss-reactive ketones (excluding diaryl/α,β-unsaturated/α-hetero) is 1. The number of hydrogen-bond acceptors (Lipinski definition) is 2. The zero-order chi connectivity index (χ0) is 14.6. The highest BCUT2D eigenvalue weighted by atomic mass is 16.1. The monoisotopic (exact) mass is 279 g/mol. The first-order valence-electron chi connectivity index (χ1n) is 8.20. The van der Waals surface area contributed by atoms with Crippen molar-refractivity contribution < 1.29 is 4.79 Å². The molecule has 0 bridgehead atoms. The van der Waals surface area contributed by atoms with Gasteiger partial charge in [-0.1, -0.05) is 13.0 Å². The van der Waals surface area contributed by atoms with E-state index in [1.165, 1.54) is 17.5 Å². The minimum Gasteiger partial charge on any atom is -0.299 e. The van der Waals surface area contributed by atoms with E-state index in [0.717, 1.165) is 37.7 Å². The third-order valence-corrected chi connectivity index (χ3v) is 6.56. The van der Waals surface area contributed by atoms with Gasteiger partial charge in [0, 0.05) is 11.8 Å². The van der Waals surface area contributed by atoms with Crippen molar-refractivity contribution in [2.24, 2.45) is 17.3 Å². The predicted molar refractivity (Wildman–Crippen MR) is 80.8 cm³/mol. The minimum absolute atomic E-state index is 0.0364. The van der Waals surface area contributed by atoms with Gasteiger partial charge in [0.15, 0.2) is 0 Å². The van der Waals surface area contributed by atoms with Crippen LogP contribution in [0.5, 0.6) is 0 Å². The SMILES string of the molecule is C[C@]12CCC3c4ccc(C#N)cc4CCC3C1CCC2=O. The highest BCUT2D eigenvalue weighted by molar-refractivity contribution is 5.87. The molecule has 2 heteroatoms. The first kappa shape index (κ1) is 13.1. The van der Waals surface area contributed by atoms with Crippen molar-refractivity contribution in [2.75, 3.05) is 0 Å². The normalized spacial score (nSPS) is 37.3. The van der Waals surface area contributed by atoms with Crippen LogP contribution in [0, 0.1) is 28.6 Å². The van der Waals surface area contributed by atoms with E-state index < -0.39 is 0 Å². The van der Waals surface area contributed by atoms with Crippen LogP contribution in [0.4, 0.5) is 0 Å². The number of nitriles is 1.